The number of piperidine rings is 1. The van der Waals surface area contributed by atoms with Crippen LogP contribution < -0.4 is 10.6 Å². The van der Waals surface area contributed by atoms with E-state index >= 15 is 0 Å². The van der Waals surface area contributed by atoms with Crippen LogP contribution in [0.1, 0.15) is 12.0 Å². The van der Waals surface area contributed by atoms with Crippen LogP contribution in [0.25, 0.3) is 0 Å². The summed E-state index contributed by atoms with van der Waals surface area (Å²) in [6.45, 7) is 0.115. The average molecular weight is 270 g/mol. The van der Waals surface area contributed by atoms with E-state index in [0.29, 0.717) is 6.54 Å². The van der Waals surface area contributed by atoms with Crippen LogP contribution in [0.15, 0.2) is 30.3 Å². The first-order valence-electron chi connectivity index (χ1n) is 6.11. The van der Waals surface area contributed by atoms with Gasteiger partial charge in [0.1, 0.15) is 6.61 Å². The van der Waals surface area contributed by atoms with Crippen LogP contribution in [-0.4, -0.2) is 31.1 Å². The third-order valence-corrected chi connectivity index (χ3v) is 2.85. The highest BCUT2D eigenvalue weighted by Crippen LogP contribution is 2.22. The van der Waals surface area contributed by atoms with E-state index in [0.717, 1.165) is 5.56 Å². The minimum Gasteiger partial charge on any atom is -0.445 e. The van der Waals surface area contributed by atoms with E-state index in [1.54, 1.807) is 0 Å². The number of carbonyl (C=O) groups excluding carboxylic acids is 1. The van der Waals surface area contributed by atoms with Crippen molar-refractivity contribution in [3.05, 3.63) is 35.9 Å². The molecule has 0 spiro atoms. The number of rotatable bonds is 3. The van der Waals surface area contributed by atoms with E-state index in [2.05, 4.69) is 10.6 Å². The lowest BCUT2D eigenvalue weighted by molar-refractivity contribution is -0.0308. The van der Waals surface area contributed by atoms with Gasteiger partial charge in [-0.2, -0.15) is 0 Å². The number of amides is 1. The van der Waals surface area contributed by atoms with Crippen molar-refractivity contribution in [3.63, 3.8) is 0 Å². The van der Waals surface area contributed by atoms with Gasteiger partial charge in [-0.25, -0.2) is 13.6 Å². The van der Waals surface area contributed by atoms with Crippen molar-refractivity contribution in [2.45, 2.75) is 25.0 Å². The van der Waals surface area contributed by atoms with Crippen LogP contribution in [0, 0.1) is 0 Å². The Balaban J connectivity index is 1.75. The molecule has 2 N–H and O–H groups in total. The minimum absolute atomic E-state index is 0.128. The Bertz CT molecular complexity index is 426. The number of ether oxygens (including phenoxy) is 1. The third kappa shape index (κ3) is 4.48. The number of benzene rings is 1. The van der Waals surface area contributed by atoms with E-state index in [4.69, 9.17) is 4.74 Å². The van der Waals surface area contributed by atoms with E-state index in [1.165, 1.54) is 0 Å². The molecule has 6 heteroatoms. The molecule has 4 nitrogen and oxygen atoms in total. The largest absolute Gasteiger partial charge is 0.445 e. The number of hydrogen-bond acceptors (Lipinski definition) is 3. The molecule has 0 aromatic heterocycles. The zero-order valence-electron chi connectivity index (χ0n) is 10.4. The second-order valence-electron chi connectivity index (χ2n) is 4.59. The molecule has 1 aromatic rings. The predicted molar refractivity (Wildman–Crippen MR) is 66.0 cm³/mol. The molecule has 1 amide bonds. The maximum absolute atomic E-state index is 13.1. The molecule has 1 fully saturated rings. The van der Waals surface area contributed by atoms with Crippen molar-refractivity contribution >= 4 is 6.09 Å². The highest BCUT2D eigenvalue weighted by Gasteiger charge is 2.36. The van der Waals surface area contributed by atoms with Gasteiger partial charge in [0, 0.05) is 13.0 Å². The minimum atomic E-state index is -2.78. The van der Waals surface area contributed by atoms with E-state index in [9.17, 15) is 13.6 Å². The van der Waals surface area contributed by atoms with Gasteiger partial charge >= 0.3 is 6.09 Å². The fourth-order valence-corrected chi connectivity index (χ4v) is 1.97. The summed E-state index contributed by atoms with van der Waals surface area (Å²) in [5.74, 6) is -2.78. The Hall–Kier alpha value is -1.69. The standard InChI is InChI=1S/C13H16F2N2O2/c14-13(15)6-11(7-16-9-13)17-12(18)19-8-10-4-2-1-3-5-10/h1-5,11,16H,6-9H2,(H,17,18)/t11-/m1/s1. The number of alkyl halides is 2. The summed E-state index contributed by atoms with van der Waals surface area (Å²) < 4.78 is 31.2. The van der Waals surface area contributed by atoms with Crippen molar-refractivity contribution in [2.24, 2.45) is 0 Å². The summed E-state index contributed by atoms with van der Waals surface area (Å²) in [6.07, 6.45) is -1.03. The molecule has 104 valence electrons. The number of nitrogens with one attached hydrogen (secondary N) is 2. The number of alkyl carbamates (subject to hydrolysis) is 1. The van der Waals surface area contributed by atoms with Crippen molar-refractivity contribution in [3.8, 4) is 0 Å². The Morgan fingerprint density at radius 1 is 1.42 bits per heavy atom. The average Bonchev–Trinajstić information content (AvgIpc) is 2.36. The van der Waals surface area contributed by atoms with Crippen LogP contribution in [0.2, 0.25) is 0 Å². The second kappa shape index (κ2) is 5.97. The van der Waals surface area contributed by atoms with Crippen LogP contribution in [0.3, 0.4) is 0 Å². The normalized spacial score (nSPS) is 21.7. The second-order valence-corrected chi connectivity index (χ2v) is 4.59. The molecule has 0 radical (unpaired) electrons. The molecule has 1 saturated heterocycles. The fourth-order valence-electron chi connectivity index (χ4n) is 1.97. The van der Waals surface area contributed by atoms with Gasteiger partial charge in [-0.1, -0.05) is 30.3 Å². The molecule has 1 aromatic carbocycles. The summed E-state index contributed by atoms with van der Waals surface area (Å²) in [5.41, 5.74) is 0.852. The molecule has 0 saturated carbocycles. The number of carbonyl (C=O) groups is 1. The lowest BCUT2D eigenvalue weighted by atomic mass is 10.0. The molecule has 1 heterocycles. The molecule has 1 aliphatic rings. The monoisotopic (exact) mass is 270 g/mol. The van der Waals surface area contributed by atoms with Crippen molar-refractivity contribution in [2.75, 3.05) is 13.1 Å². The molecule has 2 rings (SSSR count). The van der Waals surface area contributed by atoms with Gasteiger partial charge < -0.3 is 15.4 Å². The predicted octanol–water partition coefficient (Wildman–Crippen LogP) is 1.91. The first kappa shape index (κ1) is 13.7. The Kier molecular flexibility index (Phi) is 4.31. The summed E-state index contributed by atoms with van der Waals surface area (Å²) in [6, 6.07) is 8.57. The van der Waals surface area contributed by atoms with Crippen molar-refractivity contribution in [1.82, 2.24) is 10.6 Å². The van der Waals surface area contributed by atoms with Gasteiger partial charge in [-0.15, -0.1) is 0 Å². The summed E-state index contributed by atoms with van der Waals surface area (Å²) >= 11 is 0. The third-order valence-electron chi connectivity index (χ3n) is 2.85. The summed E-state index contributed by atoms with van der Waals surface area (Å²) in [4.78, 5) is 11.5. The topological polar surface area (TPSA) is 50.4 Å². The molecular formula is C13H16F2N2O2. The first-order chi connectivity index (χ1) is 9.05. The van der Waals surface area contributed by atoms with Gasteiger partial charge in [-0.05, 0) is 5.56 Å². The highest BCUT2D eigenvalue weighted by atomic mass is 19.3. The van der Waals surface area contributed by atoms with E-state index in [-0.39, 0.29) is 19.6 Å². The van der Waals surface area contributed by atoms with Gasteiger partial charge in [0.05, 0.1) is 12.6 Å². The molecule has 1 atom stereocenters. The molecule has 0 bridgehead atoms. The first-order valence-corrected chi connectivity index (χ1v) is 6.11. The fraction of sp³-hybridized carbons (Fsp3) is 0.462. The maximum Gasteiger partial charge on any atom is 0.407 e. The van der Waals surface area contributed by atoms with Crippen LogP contribution in [0.5, 0.6) is 0 Å². The van der Waals surface area contributed by atoms with Gasteiger partial charge in [0.2, 0.25) is 0 Å². The van der Waals surface area contributed by atoms with Gasteiger partial charge in [0.15, 0.2) is 0 Å². The number of halogens is 2. The quantitative estimate of drug-likeness (QED) is 0.882. The van der Waals surface area contributed by atoms with Crippen molar-refractivity contribution in [1.29, 1.82) is 0 Å². The molecule has 0 aliphatic carbocycles. The van der Waals surface area contributed by atoms with Crippen LogP contribution >= 0.6 is 0 Å². The smallest absolute Gasteiger partial charge is 0.407 e. The van der Waals surface area contributed by atoms with E-state index < -0.39 is 18.1 Å². The zero-order chi connectivity index (χ0) is 13.7. The van der Waals surface area contributed by atoms with Gasteiger partial charge in [0.25, 0.3) is 5.92 Å². The van der Waals surface area contributed by atoms with E-state index in [1.807, 2.05) is 30.3 Å². The zero-order valence-corrected chi connectivity index (χ0v) is 10.4. The Labute approximate surface area is 110 Å². The van der Waals surface area contributed by atoms with Gasteiger partial charge in [-0.3, -0.25) is 0 Å². The lowest BCUT2D eigenvalue weighted by Crippen LogP contribution is -2.53. The summed E-state index contributed by atoms with van der Waals surface area (Å²) in [5, 5.41) is 5.03. The van der Waals surface area contributed by atoms with Crippen molar-refractivity contribution < 1.29 is 18.3 Å². The molecule has 1 aliphatic heterocycles. The SMILES string of the molecule is O=C(N[C@H]1CNCC(F)(F)C1)OCc1ccccc1. The Morgan fingerprint density at radius 3 is 2.84 bits per heavy atom. The summed E-state index contributed by atoms with van der Waals surface area (Å²) in [7, 11) is 0. The molecule has 19 heavy (non-hydrogen) atoms. The number of hydrogen-bond donors (Lipinski definition) is 2. The molecular weight excluding hydrogens is 254 g/mol. The lowest BCUT2D eigenvalue weighted by Gasteiger charge is -2.29. The van der Waals surface area contributed by atoms with Crippen LogP contribution in [-0.2, 0) is 11.3 Å². The molecule has 0 unspecified atom stereocenters. The maximum atomic E-state index is 13.1. The Morgan fingerprint density at radius 2 is 2.16 bits per heavy atom. The van der Waals surface area contributed by atoms with Crippen LogP contribution in [0.4, 0.5) is 13.6 Å². The highest BCUT2D eigenvalue weighted by molar-refractivity contribution is 5.67.